The van der Waals surface area contributed by atoms with Gasteiger partial charge in [0.05, 0.1) is 5.02 Å². The van der Waals surface area contributed by atoms with E-state index in [1.54, 1.807) is 18.3 Å². The lowest BCUT2D eigenvalue weighted by Gasteiger charge is -2.06. The highest BCUT2D eigenvalue weighted by atomic mass is 35.5. The van der Waals surface area contributed by atoms with Crippen LogP contribution in [0, 0.1) is 0 Å². The van der Waals surface area contributed by atoms with Gasteiger partial charge in [-0.3, -0.25) is 9.98 Å². The van der Waals surface area contributed by atoms with Crippen molar-refractivity contribution in [3.8, 4) is 0 Å². The van der Waals surface area contributed by atoms with Crippen LogP contribution in [0.2, 0.25) is 5.02 Å². The van der Waals surface area contributed by atoms with Crippen LogP contribution in [-0.2, 0) is 0 Å². The largest absolute Gasteiger partial charge is 0.307 e. The fraction of sp³-hybridized carbons (Fsp3) is 0.333. The van der Waals surface area contributed by atoms with E-state index in [0.717, 1.165) is 0 Å². The van der Waals surface area contributed by atoms with E-state index < -0.39 is 0 Å². The minimum atomic E-state index is 0.165. The number of pyridine rings is 1. The van der Waals surface area contributed by atoms with Crippen molar-refractivity contribution in [2.75, 3.05) is 0 Å². The van der Waals surface area contributed by atoms with Gasteiger partial charge >= 0.3 is 0 Å². The zero-order valence-corrected chi connectivity index (χ0v) is 8.92. The van der Waals surface area contributed by atoms with Crippen LogP contribution >= 0.6 is 11.6 Å². The van der Waals surface area contributed by atoms with Gasteiger partial charge in [-0.05, 0) is 26.0 Å². The molecule has 14 heavy (non-hydrogen) atoms. The number of aliphatic imine (C=N–C) groups is 1. The highest BCUT2D eigenvalue weighted by molar-refractivity contribution is 6.30. The van der Waals surface area contributed by atoms with E-state index in [4.69, 9.17) is 17.4 Å². The van der Waals surface area contributed by atoms with Gasteiger partial charge in [0.1, 0.15) is 5.69 Å². The molecule has 0 saturated carbocycles. The summed E-state index contributed by atoms with van der Waals surface area (Å²) in [6.45, 7) is 3.93. The first-order chi connectivity index (χ1) is 6.63. The summed E-state index contributed by atoms with van der Waals surface area (Å²) in [6, 6.07) is 3.68. The maximum Gasteiger partial charge on any atom is 0.161 e. The van der Waals surface area contributed by atoms with Crippen molar-refractivity contribution in [3.05, 3.63) is 29.0 Å². The molecule has 0 fully saturated rings. The minimum absolute atomic E-state index is 0.165. The number of aromatic nitrogens is 1. The van der Waals surface area contributed by atoms with Crippen molar-refractivity contribution in [1.82, 2.24) is 10.4 Å². The van der Waals surface area contributed by atoms with Crippen LogP contribution in [-0.4, -0.2) is 16.9 Å². The zero-order valence-electron chi connectivity index (χ0n) is 8.16. The maximum atomic E-state index is 5.71. The number of nitrogens with two attached hydrogens (primary N) is 1. The Morgan fingerprint density at radius 3 is 2.71 bits per heavy atom. The molecule has 1 aromatic rings. The highest BCUT2D eigenvalue weighted by Crippen LogP contribution is 2.06. The molecule has 1 aromatic heterocycles. The number of hydrazine groups is 1. The molecule has 1 rings (SSSR count). The molecule has 0 radical (unpaired) electrons. The van der Waals surface area contributed by atoms with Gasteiger partial charge in [0.2, 0.25) is 0 Å². The minimum Gasteiger partial charge on any atom is -0.307 e. The van der Waals surface area contributed by atoms with Gasteiger partial charge in [0.25, 0.3) is 0 Å². The van der Waals surface area contributed by atoms with Gasteiger partial charge in [-0.1, -0.05) is 11.6 Å². The van der Waals surface area contributed by atoms with Gasteiger partial charge < -0.3 is 5.43 Å². The molecular weight excluding hydrogens is 200 g/mol. The first-order valence-corrected chi connectivity index (χ1v) is 4.67. The fourth-order valence-electron chi connectivity index (χ4n) is 0.951. The molecular formula is C9H13ClN4. The van der Waals surface area contributed by atoms with Crippen LogP contribution in [0.15, 0.2) is 23.3 Å². The molecule has 0 aliphatic carbocycles. The van der Waals surface area contributed by atoms with Crippen LogP contribution in [0.25, 0.3) is 0 Å². The van der Waals surface area contributed by atoms with Crippen LogP contribution in [0.5, 0.6) is 0 Å². The molecule has 76 valence electrons. The zero-order chi connectivity index (χ0) is 10.6. The summed E-state index contributed by atoms with van der Waals surface area (Å²) in [5, 5.41) is 0.592. The van der Waals surface area contributed by atoms with Gasteiger partial charge in [-0.2, -0.15) is 0 Å². The molecule has 1 heterocycles. The van der Waals surface area contributed by atoms with Gasteiger partial charge in [0, 0.05) is 12.2 Å². The molecule has 0 bridgehead atoms. The fourth-order valence-corrected chi connectivity index (χ4v) is 1.06. The van der Waals surface area contributed by atoms with Crippen LogP contribution in [0.1, 0.15) is 19.5 Å². The summed E-state index contributed by atoms with van der Waals surface area (Å²) in [7, 11) is 0. The standard InChI is InChI=1S/C9H13ClN4/c1-6(2)13-9(14-11)8-4-3-7(10)5-12-8/h3-6H,11H2,1-2H3,(H,13,14). The Kier molecular flexibility index (Phi) is 3.85. The first-order valence-electron chi connectivity index (χ1n) is 4.30. The molecule has 0 aliphatic heterocycles. The van der Waals surface area contributed by atoms with Gasteiger partial charge in [0.15, 0.2) is 5.84 Å². The third-order valence-corrected chi connectivity index (χ3v) is 1.72. The number of nitrogens with zero attached hydrogens (tertiary/aromatic N) is 2. The van der Waals surface area contributed by atoms with E-state index in [1.165, 1.54) is 0 Å². The Morgan fingerprint density at radius 1 is 1.57 bits per heavy atom. The molecule has 0 aliphatic rings. The average molecular weight is 213 g/mol. The van der Waals surface area contributed by atoms with Crippen LogP contribution in [0.4, 0.5) is 0 Å². The van der Waals surface area contributed by atoms with Crippen molar-refractivity contribution >= 4 is 17.4 Å². The van der Waals surface area contributed by atoms with Crippen molar-refractivity contribution in [1.29, 1.82) is 0 Å². The van der Waals surface area contributed by atoms with Gasteiger partial charge in [-0.25, -0.2) is 5.84 Å². The first kappa shape index (κ1) is 10.9. The molecule has 0 atom stereocenters. The van der Waals surface area contributed by atoms with Gasteiger partial charge in [-0.15, -0.1) is 0 Å². The number of hydrogen-bond donors (Lipinski definition) is 2. The van der Waals surface area contributed by atoms with Crippen molar-refractivity contribution in [3.63, 3.8) is 0 Å². The SMILES string of the molecule is CC(C)N=C(NN)c1ccc(Cl)cn1. The quantitative estimate of drug-likeness (QED) is 0.337. The predicted octanol–water partition coefficient (Wildman–Crippen LogP) is 1.35. The number of hydrogen-bond acceptors (Lipinski definition) is 3. The monoisotopic (exact) mass is 212 g/mol. The second-order valence-electron chi connectivity index (χ2n) is 3.08. The summed E-state index contributed by atoms with van der Waals surface area (Å²) < 4.78 is 0. The Hall–Kier alpha value is -1.13. The Labute approximate surface area is 88.2 Å². The van der Waals surface area contributed by atoms with Crippen molar-refractivity contribution in [2.24, 2.45) is 10.8 Å². The van der Waals surface area contributed by atoms with E-state index in [9.17, 15) is 0 Å². The second-order valence-corrected chi connectivity index (χ2v) is 3.51. The smallest absolute Gasteiger partial charge is 0.161 e. The number of amidine groups is 1. The lowest BCUT2D eigenvalue weighted by molar-refractivity contribution is 0.818. The van der Waals surface area contributed by atoms with E-state index in [2.05, 4.69) is 15.4 Å². The molecule has 0 unspecified atom stereocenters. The topological polar surface area (TPSA) is 63.3 Å². The summed E-state index contributed by atoms with van der Waals surface area (Å²) in [5.74, 6) is 5.90. The molecule has 4 nitrogen and oxygen atoms in total. The molecule has 3 N–H and O–H groups in total. The normalized spacial score (nSPS) is 11.9. The van der Waals surface area contributed by atoms with Crippen molar-refractivity contribution in [2.45, 2.75) is 19.9 Å². The third kappa shape index (κ3) is 2.97. The number of rotatable bonds is 2. The maximum absolute atomic E-state index is 5.71. The summed E-state index contributed by atoms with van der Waals surface area (Å²) >= 11 is 5.71. The summed E-state index contributed by atoms with van der Waals surface area (Å²) in [4.78, 5) is 8.37. The Morgan fingerprint density at radius 2 is 2.29 bits per heavy atom. The molecule has 0 aromatic carbocycles. The Balaban J connectivity index is 2.95. The third-order valence-electron chi connectivity index (χ3n) is 1.49. The van der Waals surface area contributed by atoms with E-state index in [1.807, 2.05) is 13.8 Å². The average Bonchev–Trinajstić information content (AvgIpc) is 2.15. The summed E-state index contributed by atoms with van der Waals surface area (Å²) in [5.41, 5.74) is 3.20. The van der Waals surface area contributed by atoms with E-state index in [-0.39, 0.29) is 6.04 Å². The number of nitrogens with one attached hydrogen (secondary N) is 1. The second kappa shape index (κ2) is 4.93. The lowest BCUT2D eigenvalue weighted by atomic mass is 10.3. The van der Waals surface area contributed by atoms with E-state index in [0.29, 0.717) is 16.6 Å². The number of halogens is 1. The molecule has 0 spiro atoms. The predicted molar refractivity (Wildman–Crippen MR) is 58.2 cm³/mol. The summed E-state index contributed by atoms with van der Waals surface area (Å²) in [6.07, 6.45) is 1.56. The molecule has 0 saturated heterocycles. The Bertz CT molecular complexity index is 318. The molecule has 0 amide bonds. The van der Waals surface area contributed by atoms with E-state index >= 15 is 0 Å². The van der Waals surface area contributed by atoms with Crippen LogP contribution < -0.4 is 11.3 Å². The highest BCUT2D eigenvalue weighted by Gasteiger charge is 2.03. The van der Waals surface area contributed by atoms with Crippen LogP contribution in [0.3, 0.4) is 0 Å². The lowest BCUT2D eigenvalue weighted by Crippen LogP contribution is -2.32. The van der Waals surface area contributed by atoms with Crippen molar-refractivity contribution < 1.29 is 0 Å². The molecule has 5 heteroatoms.